The van der Waals surface area contributed by atoms with Crippen molar-refractivity contribution in [3.8, 4) is 0 Å². The molecule has 0 aromatic carbocycles. The Morgan fingerprint density at radius 1 is 1.38 bits per heavy atom. The molecule has 0 atom stereocenters. The molecule has 0 fully saturated rings. The Hall–Kier alpha value is -1.20. The predicted octanol–water partition coefficient (Wildman–Crippen LogP) is -0.376. The minimum Gasteiger partial charge on any atom is -0.396 e. The van der Waals surface area contributed by atoms with Gasteiger partial charge in [-0.15, -0.1) is 0 Å². The summed E-state index contributed by atoms with van der Waals surface area (Å²) >= 11 is 0. The third kappa shape index (κ3) is 1.48. The maximum Gasteiger partial charge on any atom is 0.133 e. The summed E-state index contributed by atoms with van der Waals surface area (Å²) in [5.41, 5.74) is 7.44. The second-order valence-electron chi connectivity index (χ2n) is 2.92. The molecule has 3 N–H and O–H groups in total. The summed E-state index contributed by atoms with van der Waals surface area (Å²) in [5.74, 6) is 1.07. The number of fused-ring (bicyclic) bond motifs is 1. The van der Waals surface area contributed by atoms with Crippen molar-refractivity contribution >= 4 is 5.82 Å². The van der Waals surface area contributed by atoms with Crippen LogP contribution in [-0.4, -0.2) is 21.7 Å². The molecule has 0 amide bonds. The van der Waals surface area contributed by atoms with Crippen LogP contribution in [-0.2, 0) is 24.4 Å². The van der Waals surface area contributed by atoms with Gasteiger partial charge in [-0.1, -0.05) is 0 Å². The van der Waals surface area contributed by atoms with Crippen molar-refractivity contribution < 1.29 is 9.84 Å². The first-order chi connectivity index (χ1) is 6.31. The quantitative estimate of drug-likeness (QED) is 0.650. The van der Waals surface area contributed by atoms with Gasteiger partial charge in [0.25, 0.3) is 0 Å². The van der Waals surface area contributed by atoms with Crippen molar-refractivity contribution in [3.05, 3.63) is 17.1 Å². The third-order valence-electron chi connectivity index (χ3n) is 1.99. The van der Waals surface area contributed by atoms with E-state index < -0.39 is 0 Å². The standard InChI is InChI=1S/C8H11N3O2/c9-8-5-3-13-4-6(5)10-7(11-8)1-2-12/h12H,1-4H2,(H2,9,10,11). The smallest absolute Gasteiger partial charge is 0.133 e. The van der Waals surface area contributed by atoms with Gasteiger partial charge in [-0.25, -0.2) is 9.97 Å². The molecule has 0 radical (unpaired) electrons. The number of hydrogen-bond donors (Lipinski definition) is 2. The first-order valence-corrected chi connectivity index (χ1v) is 4.14. The minimum absolute atomic E-state index is 0.0408. The number of nitrogens with two attached hydrogens (primary N) is 1. The number of rotatable bonds is 2. The summed E-state index contributed by atoms with van der Waals surface area (Å²) in [5, 5.41) is 8.71. The highest BCUT2D eigenvalue weighted by Crippen LogP contribution is 2.22. The number of anilines is 1. The largest absolute Gasteiger partial charge is 0.396 e. The van der Waals surface area contributed by atoms with Gasteiger partial charge in [0.05, 0.1) is 25.5 Å². The van der Waals surface area contributed by atoms with Crippen LogP contribution in [0, 0.1) is 0 Å². The van der Waals surface area contributed by atoms with Gasteiger partial charge < -0.3 is 15.6 Å². The molecule has 0 spiro atoms. The van der Waals surface area contributed by atoms with Gasteiger partial charge in [-0.05, 0) is 0 Å². The second kappa shape index (κ2) is 3.27. The second-order valence-corrected chi connectivity index (χ2v) is 2.92. The van der Waals surface area contributed by atoms with Gasteiger partial charge in [0.2, 0.25) is 0 Å². The summed E-state index contributed by atoms with van der Waals surface area (Å²) in [6, 6.07) is 0. The van der Waals surface area contributed by atoms with Crippen LogP contribution in [0.1, 0.15) is 17.1 Å². The zero-order valence-corrected chi connectivity index (χ0v) is 7.16. The molecule has 0 saturated heterocycles. The summed E-state index contributed by atoms with van der Waals surface area (Å²) < 4.78 is 5.18. The average Bonchev–Trinajstić information content (AvgIpc) is 2.53. The number of nitrogens with zero attached hydrogens (tertiary/aromatic N) is 2. The lowest BCUT2D eigenvalue weighted by Gasteiger charge is -2.03. The van der Waals surface area contributed by atoms with Crippen molar-refractivity contribution in [3.63, 3.8) is 0 Å². The molecule has 2 rings (SSSR count). The lowest BCUT2D eigenvalue weighted by molar-refractivity contribution is 0.133. The Balaban J connectivity index is 2.37. The molecule has 0 aliphatic carbocycles. The molecule has 1 aliphatic heterocycles. The molecule has 0 bridgehead atoms. The highest BCUT2D eigenvalue weighted by molar-refractivity contribution is 5.43. The summed E-state index contributed by atoms with van der Waals surface area (Å²) in [6.07, 6.45) is 0.442. The Kier molecular flexibility index (Phi) is 2.12. The average molecular weight is 181 g/mol. The molecule has 5 nitrogen and oxygen atoms in total. The van der Waals surface area contributed by atoms with E-state index in [4.69, 9.17) is 15.6 Å². The first-order valence-electron chi connectivity index (χ1n) is 4.14. The molecule has 5 heteroatoms. The van der Waals surface area contributed by atoms with E-state index in [1.54, 1.807) is 0 Å². The van der Waals surface area contributed by atoms with Crippen molar-refractivity contribution in [1.82, 2.24) is 9.97 Å². The van der Waals surface area contributed by atoms with E-state index in [-0.39, 0.29) is 6.61 Å². The van der Waals surface area contributed by atoms with Crippen LogP contribution in [0.2, 0.25) is 0 Å². The van der Waals surface area contributed by atoms with Crippen molar-refractivity contribution in [2.24, 2.45) is 0 Å². The monoisotopic (exact) mass is 181 g/mol. The molecule has 2 heterocycles. The number of hydrogen-bond acceptors (Lipinski definition) is 5. The fraction of sp³-hybridized carbons (Fsp3) is 0.500. The van der Waals surface area contributed by atoms with E-state index in [9.17, 15) is 0 Å². The number of aliphatic hydroxyl groups is 1. The number of aliphatic hydroxyl groups excluding tert-OH is 1. The molecule has 0 unspecified atom stereocenters. The summed E-state index contributed by atoms with van der Waals surface area (Å²) in [6.45, 7) is 1.04. The SMILES string of the molecule is Nc1nc(CCO)nc2c1COC2. The van der Waals surface area contributed by atoms with E-state index in [0.717, 1.165) is 11.3 Å². The van der Waals surface area contributed by atoms with Gasteiger partial charge in [0.15, 0.2) is 0 Å². The fourth-order valence-corrected chi connectivity index (χ4v) is 1.34. The van der Waals surface area contributed by atoms with Gasteiger partial charge in [0, 0.05) is 12.0 Å². The van der Waals surface area contributed by atoms with Crippen LogP contribution < -0.4 is 5.73 Å². The van der Waals surface area contributed by atoms with Crippen molar-refractivity contribution in [2.45, 2.75) is 19.6 Å². The Labute approximate surface area is 75.6 Å². The van der Waals surface area contributed by atoms with E-state index in [1.165, 1.54) is 0 Å². The van der Waals surface area contributed by atoms with Crippen LogP contribution >= 0.6 is 0 Å². The molecule has 70 valence electrons. The normalized spacial score (nSPS) is 14.5. The van der Waals surface area contributed by atoms with Gasteiger partial charge >= 0.3 is 0 Å². The van der Waals surface area contributed by atoms with Crippen LogP contribution in [0.4, 0.5) is 5.82 Å². The van der Waals surface area contributed by atoms with Crippen LogP contribution in [0.3, 0.4) is 0 Å². The number of nitrogen functional groups attached to an aromatic ring is 1. The van der Waals surface area contributed by atoms with E-state index in [0.29, 0.717) is 31.3 Å². The van der Waals surface area contributed by atoms with Crippen LogP contribution in [0.25, 0.3) is 0 Å². The van der Waals surface area contributed by atoms with Gasteiger partial charge in [0.1, 0.15) is 11.6 Å². The van der Waals surface area contributed by atoms with E-state index in [2.05, 4.69) is 9.97 Å². The van der Waals surface area contributed by atoms with Crippen LogP contribution in [0.5, 0.6) is 0 Å². The zero-order chi connectivity index (χ0) is 9.26. The van der Waals surface area contributed by atoms with Crippen molar-refractivity contribution in [2.75, 3.05) is 12.3 Å². The minimum atomic E-state index is 0.0408. The lowest BCUT2D eigenvalue weighted by atomic mass is 10.2. The fourth-order valence-electron chi connectivity index (χ4n) is 1.34. The lowest BCUT2D eigenvalue weighted by Crippen LogP contribution is -2.06. The van der Waals surface area contributed by atoms with E-state index in [1.807, 2.05) is 0 Å². The zero-order valence-electron chi connectivity index (χ0n) is 7.16. The molecule has 0 saturated carbocycles. The Morgan fingerprint density at radius 2 is 2.23 bits per heavy atom. The first kappa shape index (κ1) is 8.40. The Bertz CT molecular complexity index is 327. The molecule has 1 aliphatic rings. The third-order valence-corrected chi connectivity index (χ3v) is 1.99. The van der Waals surface area contributed by atoms with Gasteiger partial charge in [-0.3, -0.25) is 0 Å². The predicted molar refractivity (Wildman–Crippen MR) is 45.7 cm³/mol. The van der Waals surface area contributed by atoms with Crippen LogP contribution in [0.15, 0.2) is 0 Å². The Morgan fingerprint density at radius 3 is 3.00 bits per heavy atom. The van der Waals surface area contributed by atoms with Crippen molar-refractivity contribution in [1.29, 1.82) is 0 Å². The maximum atomic E-state index is 8.71. The maximum absolute atomic E-state index is 8.71. The highest BCUT2D eigenvalue weighted by atomic mass is 16.5. The van der Waals surface area contributed by atoms with E-state index >= 15 is 0 Å². The molecule has 1 aromatic rings. The molecule has 13 heavy (non-hydrogen) atoms. The summed E-state index contributed by atoms with van der Waals surface area (Å²) in [4.78, 5) is 8.29. The number of ether oxygens (including phenoxy) is 1. The molecular weight excluding hydrogens is 170 g/mol. The number of aromatic nitrogens is 2. The van der Waals surface area contributed by atoms with Gasteiger partial charge in [-0.2, -0.15) is 0 Å². The highest BCUT2D eigenvalue weighted by Gasteiger charge is 2.17. The molecular formula is C8H11N3O2. The molecule has 1 aromatic heterocycles. The topological polar surface area (TPSA) is 81.3 Å². The summed E-state index contributed by atoms with van der Waals surface area (Å²) in [7, 11) is 0.